The fourth-order valence-electron chi connectivity index (χ4n) is 4.65. The van der Waals surface area contributed by atoms with Crippen molar-refractivity contribution in [2.24, 2.45) is 5.92 Å². The summed E-state index contributed by atoms with van der Waals surface area (Å²) in [5, 5.41) is 4.46. The molecule has 0 unspecified atom stereocenters. The number of benzene rings is 1. The van der Waals surface area contributed by atoms with Crippen LogP contribution in [0, 0.1) is 12.8 Å². The van der Waals surface area contributed by atoms with Crippen LogP contribution in [0.5, 0.6) is 5.75 Å². The van der Waals surface area contributed by atoms with Crippen molar-refractivity contribution < 1.29 is 9.53 Å². The summed E-state index contributed by atoms with van der Waals surface area (Å²) < 4.78 is 7.10. The van der Waals surface area contributed by atoms with Crippen LogP contribution >= 0.6 is 0 Å². The molecule has 0 saturated carbocycles. The van der Waals surface area contributed by atoms with Gasteiger partial charge in [0.2, 0.25) is 0 Å². The van der Waals surface area contributed by atoms with Gasteiger partial charge >= 0.3 is 0 Å². The molecular weight excluding hydrogens is 352 g/mol. The third-order valence-electron chi connectivity index (χ3n) is 6.04. The van der Waals surface area contributed by atoms with E-state index in [1.54, 1.807) is 7.11 Å². The molecule has 150 valence electrons. The second-order valence-corrected chi connectivity index (χ2v) is 8.08. The van der Waals surface area contributed by atoms with Crippen molar-refractivity contribution in [3.8, 4) is 5.75 Å². The van der Waals surface area contributed by atoms with Crippen molar-refractivity contribution in [3.05, 3.63) is 47.3 Å². The van der Waals surface area contributed by atoms with E-state index in [0.717, 1.165) is 56.3 Å². The zero-order valence-corrected chi connectivity index (χ0v) is 17.1. The molecule has 5 rings (SSSR count). The molecule has 3 saturated heterocycles. The fraction of sp³-hybridized carbons (Fsp3) is 0.545. The highest BCUT2D eigenvalue weighted by molar-refractivity contribution is 5.93. The molecule has 2 aromatic rings. The number of piperidine rings is 1. The Balaban J connectivity index is 1.49. The number of amides is 1. The van der Waals surface area contributed by atoms with Gasteiger partial charge in [-0.05, 0) is 56.4 Å². The molecule has 2 atom stereocenters. The van der Waals surface area contributed by atoms with E-state index in [1.165, 1.54) is 12.0 Å². The molecule has 1 aromatic carbocycles. The molecule has 2 bridgehead atoms. The zero-order chi connectivity index (χ0) is 19.7. The number of methoxy groups -OCH3 is 1. The summed E-state index contributed by atoms with van der Waals surface area (Å²) in [7, 11) is 1.69. The predicted octanol–water partition coefficient (Wildman–Crippen LogP) is 2.96. The first kappa shape index (κ1) is 19.0. The lowest BCUT2D eigenvalue weighted by Gasteiger charge is -2.36. The maximum absolute atomic E-state index is 13.3. The number of hydrogen-bond donors (Lipinski definition) is 0. The number of nitrogens with zero attached hydrogens (tertiary/aromatic N) is 4. The Morgan fingerprint density at radius 3 is 2.68 bits per heavy atom. The van der Waals surface area contributed by atoms with E-state index in [1.807, 2.05) is 36.7 Å². The molecule has 0 radical (unpaired) electrons. The Kier molecular flexibility index (Phi) is 5.40. The number of rotatable bonds is 5. The third kappa shape index (κ3) is 3.78. The van der Waals surface area contributed by atoms with Crippen molar-refractivity contribution >= 4 is 5.91 Å². The van der Waals surface area contributed by atoms with Gasteiger partial charge < -0.3 is 9.64 Å². The van der Waals surface area contributed by atoms with E-state index in [9.17, 15) is 4.79 Å². The molecule has 1 amide bonds. The highest BCUT2D eigenvalue weighted by Gasteiger charge is 2.38. The van der Waals surface area contributed by atoms with Crippen LogP contribution in [0.1, 0.15) is 41.5 Å². The third-order valence-corrected chi connectivity index (χ3v) is 6.04. The van der Waals surface area contributed by atoms with Gasteiger partial charge in [0.1, 0.15) is 11.4 Å². The molecule has 3 aliphatic heterocycles. The molecule has 0 spiro atoms. The topological polar surface area (TPSA) is 50.6 Å². The number of hydrogen-bond acceptors (Lipinski definition) is 4. The zero-order valence-electron chi connectivity index (χ0n) is 17.1. The lowest BCUT2D eigenvalue weighted by molar-refractivity contribution is 0.0572. The minimum Gasteiger partial charge on any atom is -0.497 e. The number of aryl methyl sites for hydroxylation is 2. The lowest BCUT2D eigenvalue weighted by atomic mass is 9.94. The lowest BCUT2D eigenvalue weighted by Crippen LogP contribution is -2.47. The van der Waals surface area contributed by atoms with Gasteiger partial charge in [-0.2, -0.15) is 5.10 Å². The summed E-state index contributed by atoms with van der Waals surface area (Å²) in [5.74, 6) is 1.57. The van der Waals surface area contributed by atoms with E-state index < -0.39 is 0 Å². The maximum Gasteiger partial charge on any atom is 0.272 e. The Labute approximate surface area is 167 Å². The first-order valence-electron chi connectivity index (χ1n) is 10.3. The van der Waals surface area contributed by atoms with Crippen LogP contribution in [-0.4, -0.2) is 58.3 Å². The summed E-state index contributed by atoms with van der Waals surface area (Å²) in [6, 6.07) is 10.5. The Morgan fingerprint density at radius 2 is 1.96 bits per heavy atom. The van der Waals surface area contributed by atoms with E-state index in [4.69, 9.17) is 4.74 Å². The van der Waals surface area contributed by atoms with Crippen LogP contribution in [0.15, 0.2) is 30.3 Å². The van der Waals surface area contributed by atoms with E-state index >= 15 is 0 Å². The Bertz CT molecular complexity index is 830. The molecule has 0 N–H and O–H groups in total. The van der Waals surface area contributed by atoms with Crippen molar-refractivity contribution in [3.63, 3.8) is 0 Å². The van der Waals surface area contributed by atoms with Crippen molar-refractivity contribution in [2.45, 2.75) is 45.8 Å². The van der Waals surface area contributed by atoms with Crippen LogP contribution in [-0.2, 0) is 13.1 Å². The summed E-state index contributed by atoms with van der Waals surface area (Å²) in [6.45, 7) is 8.48. The summed E-state index contributed by atoms with van der Waals surface area (Å²) in [6.07, 6.45) is 2.30. The fourth-order valence-corrected chi connectivity index (χ4v) is 4.65. The average molecular weight is 383 g/mol. The Hall–Kier alpha value is -2.34. The second kappa shape index (κ2) is 7.95. The largest absolute Gasteiger partial charge is 0.497 e. The highest BCUT2D eigenvalue weighted by atomic mass is 16.5. The molecule has 6 heteroatoms. The molecule has 28 heavy (non-hydrogen) atoms. The van der Waals surface area contributed by atoms with Gasteiger partial charge in [-0.1, -0.05) is 12.1 Å². The standard InChI is InChI=1S/C22H30N4O2/c1-4-26-21(11-16(2)23-26)22(27)25-14-18-5-8-19(25)15-24(13-18)12-17-6-9-20(28-3)10-7-17/h6-7,9-11,18-19H,4-5,8,12-15H2,1-3H3/t18-,19+/m0/s1. The van der Waals surface area contributed by atoms with Crippen molar-refractivity contribution in [2.75, 3.05) is 26.7 Å². The summed E-state index contributed by atoms with van der Waals surface area (Å²) >= 11 is 0. The van der Waals surface area contributed by atoms with Crippen LogP contribution < -0.4 is 4.74 Å². The molecular formula is C22H30N4O2. The average Bonchev–Trinajstić information content (AvgIpc) is 2.87. The predicted molar refractivity (Wildman–Crippen MR) is 108 cm³/mol. The van der Waals surface area contributed by atoms with Crippen LogP contribution in [0.2, 0.25) is 0 Å². The monoisotopic (exact) mass is 382 g/mol. The quantitative estimate of drug-likeness (QED) is 0.798. The maximum atomic E-state index is 13.3. The number of aromatic nitrogens is 2. The first-order chi connectivity index (χ1) is 13.6. The normalized spacial score (nSPS) is 22.3. The SMILES string of the molecule is CCn1nc(C)cc1C(=O)N1C[C@H]2CC[C@@H]1CN(Cc1ccc(OC)cc1)C2. The highest BCUT2D eigenvalue weighted by Crippen LogP contribution is 2.30. The number of ether oxygens (including phenoxy) is 1. The number of carbonyl (C=O) groups is 1. The molecule has 3 fully saturated rings. The minimum absolute atomic E-state index is 0.142. The summed E-state index contributed by atoms with van der Waals surface area (Å²) in [5.41, 5.74) is 2.93. The van der Waals surface area contributed by atoms with Gasteiger partial charge in [0.15, 0.2) is 0 Å². The molecule has 3 aliphatic rings. The van der Waals surface area contributed by atoms with Gasteiger partial charge in [0, 0.05) is 38.8 Å². The van der Waals surface area contributed by atoms with Crippen LogP contribution in [0.25, 0.3) is 0 Å². The van der Waals surface area contributed by atoms with E-state index in [0.29, 0.717) is 5.92 Å². The van der Waals surface area contributed by atoms with Gasteiger partial charge in [0.25, 0.3) is 5.91 Å². The van der Waals surface area contributed by atoms with Crippen LogP contribution in [0.4, 0.5) is 0 Å². The minimum atomic E-state index is 0.142. The van der Waals surface area contributed by atoms with E-state index in [-0.39, 0.29) is 11.9 Å². The second-order valence-electron chi connectivity index (χ2n) is 8.08. The Morgan fingerprint density at radius 1 is 1.18 bits per heavy atom. The molecule has 4 heterocycles. The van der Waals surface area contributed by atoms with E-state index in [2.05, 4.69) is 27.0 Å². The molecule has 0 aliphatic carbocycles. The van der Waals surface area contributed by atoms with Crippen LogP contribution in [0.3, 0.4) is 0 Å². The van der Waals surface area contributed by atoms with Gasteiger partial charge in [0.05, 0.1) is 12.8 Å². The molecule has 6 nitrogen and oxygen atoms in total. The van der Waals surface area contributed by atoms with Crippen molar-refractivity contribution in [1.82, 2.24) is 19.6 Å². The molecule has 1 aromatic heterocycles. The number of fused-ring (bicyclic) bond motifs is 4. The van der Waals surface area contributed by atoms with Gasteiger partial charge in [-0.25, -0.2) is 0 Å². The van der Waals surface area contributed by atoms with Gasteiger partial charge in [-0.3, -0.25) is 14.4 Å². The smallest absolute Gasteiger partial charge is 0.272 e. The van der Waals surface area contributed by atoms with Gasteiger partial charge in [-0.15, -0.1) is 0 Å². The number of carbonyl (C=O) groups excluding carboxylic acids is 1. The van der Waals surface area contributed by atoms with Crippen molar-refractivity contribution in [1.29, 1.82) is 0 Å². The summed E-state index contributed by atoms with van der Waals surface area (Å²) in [4.78, 5) is 17.9. The first-order valence-corrected chi connectivity index (χ1v) is 10.3.